The summed E-state index contributed by atoms with van der Waals surface area (Å²) in [5.41, 5.74) is 0. The molecule has 0 aliphatic heterocycles. The number of likely N-dealkylation sites (N-methyl/N-ethyl adjacent to an activating group) is 1. The number of ether oxygens (including phenoxy) is 2. The molecule has 0 aromatic carbocycles. The monoisotopic (exact) mass is 881 g/mol. The van der Waals surface area contributed by atoms with Gasteiger partial charge in [0.15, 0.2) is 6.10 Å². The van der Waals surface area contributed by atoms with E-state index >= 15 is 0 Å². The largest absolute Gasteiger partial charge is 0.472 e. The number of quaternary nitrogens is 1. The number of Topliss-reactive ketones (excluding diaryl/α,β-unsaturated/α-hetero) is 1. The normalized spacial score (nSPS) is 19.5. The van der Waals surface area contributed by atoms with Crippen LogP contribution in [-0.4, -0.2) is 103 Å². The molecule has 0 radical (unpaired) electrons. The van der Waals surface area contributed by atoms with Gasteiger partial charge in [-0.15, -0.1) is 0 Å². The highest BCUT2D eigenvalue weighted by atomic mass is 31.2. The standard InChI is InChI=1S/C48H82NO11P/c1-6-8-10-11-12-13-14-15-16-17-18-19-20-21-22-23-28-32-47(53)57-39-42(40-59-61(55,56)58-37-36-49(3,4)5)60-48(54)33-29-25-24-27-31-43-44(46(52)38-45(43)51)35-34-41(50)30-26-9-7-2/h15-16,18-19,21-22,24,27,34-35,41-45,50-51H,6-14,17,20,23,25-26,28-33,36-40H2,1-5H3/p+1/b16-15-,19-18-,22-21-,27-24-,35-34+/t41-,42+,43+,44+,45-/m0/s1. The molecule has 1 rings (SSSR count). The molecule has 350 valence electrons. The smallest absolute Gasteiger partial charge is 0.462 e. The SMILES string of the molecule is CCCCCCCC/C=C\C/C=C\C/C=C\CCCC(=O)OC[C@H](COP(=O)(O)OCC[N+](C)(C)C)OC(=O)CCC/C=C\C[C@H]1[C@@H](O)CC(=O)[C@@H]1/C=C/[C@@H](O)CCCCC. The van der Waals surface area contributed by atoms with Crippen LogP contribution >= 0.6 is 7.82 Å². The maximum atomic E-state index is 12.8. The number of rotatable bonds is 37. The van der Waals surface area contributed by atoms with Crippen LogP contribution in [0.2, 0.25) is 0 Å². The quantitative estimate of drug-likeness (QED) is 0.0179. The lowest BCUT2D eigenvalue weighted by atomic mass is 9.90. The van der Waals surface area contributed by atoms with Gasteiger partial charge in [-0.2, -0.15) is 0 Å². The number of nitrogens with zero attached hydrogens (tertiary/aromatic N) is 1. The lowest BCUT2D eigenvalue weighted by molar-refractivity contribution is -0.870. The number of aliphatic hydroxyl groups excluding tert-OH is 2. The first-order valence-corrected chi connectivity index (χ1v) is 24.6. The highest BCUT2D eigenvalue weighted by molar-refractivity contribution is 7.47. The molecule has 0 bridgehead atoms. The Bertz CT molecular complexity index is 1390. The molecule has 0 aromatic rings. The zero-order valence-electron chi connectivity index (χ0n) is 38.3. The molecule has 0 amide bonds. The van der Waals surface area contributed by atoms with Crippen LogP contribution in [0.3, 0.4) is 0 Å². The van der Waals surface area contributed by atoms with Gasteiger partial charge in [-0.05, 0) is 64.2 Å². The van der Waals surface area contributed by atoms with Crippen molar-refractivity contribution >= 4 is 25.5 Å². The molecule has 0 aromatic heterocycles. The second-order valence-corrected chi connectivity index (χ2v) is 18.7. The van der Waals surface area contributed by atoms with Crippen molar-refractivity contribution in [1.29, 1.82) is 0 Å². The zero-order chi connectivity index (χ0) is 45.2. The molecule has 1 aliphatic rings. The molecule has 0 saturated heterocycles. The number of phosphoric acid groups is 1. The molecule has 1 saturated carbocycles. The van der Waals surface area contributed by atoms with Crippen molar-refractivity contribution in [2.45, 2.75) is 167 Å². The van der Waals surface area contributed by atoms with Crippen molar-refractivity contribution < 1.29 is 57.1 Å². The van der Waals surface area contributed by atoms with E-state index in [1.807, 2.05) is 39.4 Å². The number of carbonyl (C=O) groups is 3. The summed E-state index contributed by atoms with van der Waals surface area (Å²) in [5.74, 6) is -1.83. The lowest BCUT2D eigenvalue weighted by Crippen LogP contribution is -2.37. The van der Waals surface area contributed by atoms with Gasteiger partial charge in [0, 0.05) is 31.1 Å². The van der Waals surface area contributed by atoms with E-state index in [0.717, 1.165) is 38.5 Å². The van der Waals surface area contributed by atoms with Crippen LogP contribution in [0, 0.1) is 11.8 Å². The number of ketones is 1. The van der Waals surface area contributed by atoms with Crippen molar-refractivity contribution in [3.05, 3.63) is 60.8 Å². The molecule has 3 N–H and O–H groups in total. The van der Waals surface area contributed by atoms with E-state index in [1.54, 1.807) is 12.2 Å². The number of allylic oxidation sites excluding steroid dienone is 9. The first-order valence-electron chi connectivity index (χ1n) is 23.1. The summed E-state index contributed by atoms with van der Waals surface area (Å²) in [6.07, 6.45) is 35.0. The lowest BCUT2D eigenvalue weighted by Gasteiger charge is -2.24. The first kappa shape index (κ1) is 56.3. The van der Waals surface area contributed by atoms with Crippen LogP contribution in [0.5, 0.6) is 0 Å². The van der Waals surface area contributed by atoms with E-state index in [2.05, 4.69) is 44.2 Å². The molecule has 0 spiro atoms. The van der Waals surface area contributed by atoms with Crippen LogP contribution in [0.15, 0.2) is 60.8 Å². The van der Waals surface area contributed by atoms with E-state index < -0.39 is 50.6 Å². The van der Waals surface area contributed by atoms with Crippen LogP contribution in [0.1, 0.15) is 149 Å². The first-order chi connectivity index (χ1) is 29.2. The maximum Gasteiger partial charge on any atom is 0.472 e. The molecule has 13 heteroatoms. The van der Waals surface area contributed by atoms with Gasteiger partial charge in [0.2, 0.25) is 0 Å². The molecule has 1 unspecified atom stereocenters. The number of carbonyl (C=O) groups excluding carboxylic acids is 3. The average Bonchev–Trinajstić information content (AvgIpc) is 3.47. The molecule has 0 heterocycles. The number of aliphatic hydroxyl groups is 2. The predicted octanol–water partition coefficient (Wildman–Crippen LogP) is 9.83. The van der Waals surface area contributed by atoms with Crippen LogP contribution in [-0.2, 0) is 37.5 Å². The minimum Gasteiger partial charge on any atom is -0.462 e. The van der Waals surface area contributed by atoms with Crippen molar-refractivity contribution in [2.24, 2.45) is 11.8 Å². The topological polar surface area (TPSA) is 166 Å². The summed E-state index contributed by atoms with van der Waals surface area (Å²) in [5, 5.41) is 20.8. The van der Waals surface area contributed by atoms with Gasteiger partial charge in [0.25, 0.3) is 0 Å². The third-order valence-electron chi connectivity index (χ3n) is 10.4. The number of unbranched alkanes of at least 4 members (excludes halogenated alkanes) is 10. The Hall–Kier alpha value is -2.70. The summed E-state index contributed by atoms with van der Waals surface area (Å²) in [7, 11) is 1.28. The number of phosphoric ester groups is 1. The van der Waals surface area contributed by atoms with E-state index in [1.165, 1.54) is 38.5 Å². The Balaban J connectivity index is 2.54. The molecule has 1 aliphatic carbocycles. The second kappa shape index (κ2) is 34.7. The Morgan fingerprint density at radius 1 is 0.770 bits per heavy atom. The third kappa shape index (κ3) is 31.7. The van der Waals surface area contributed by atoms with Crippen molar-refractivity contribution in [3.63, 3.8) is 0 Å². The number of hydrogen-bond donors (Lipinski definition) is 3. The van der Waals surface area contributed by atoms with Crippen LogP contribution in [0.25, 0.3) is 0 Å². The summed E-state index contributed by atoms with van der Waals surface area (Å²) >= 11 is 0. The maximum absolute atomic E-state index is 12.8. The Morgan fingerprint density at radius 3 is 2.00 bits per heavy atom. The fourth-order valence-electron chi connectivity index (χ4n) is 6.66. The van der Waals surface area contributed by atoms with Gasteiger partial charge in [-0.25, -0.2) is 4.57 Å². The van der Waals surface area contributed by atoms with Gasteiger partial charge in [-0.3, -0.25) is 23.4 Å². The fourth-order valence-corrected chi connectivity index (χ4v) is 7.40. The van der Waals surface area contributed by atoms with E-state index in [9.17, 15) is 34.1 Å². The minimum atomic E-state index is -4.47. The van der Waals surface area contributed by atoms with Crippen molar-refractivity contribution in [3.8, 4) is 0 Å². The van der Waals surface area contributed by atoms with E-state index in [0.29, 0.717) is 49.6 Å². The van der Waals surface area contributed by atoms with Gasteiger partial charge < -0.3 is 29.1 Å². The van der Waals surface area contributed by atoms with Crippen LogP contribution in [0.4, 0.5) is 0 Å². The zero-order valence-corrected chi connectivity index (χ0v) is 39.2. The summed E-state index contributed by atoms with van der Waals surface area (Å²) in [4.78, 5) is 48.1. The fraction of sp³-hybridized carbons (Fsp3) is 0.729. The highest BCUT2D eigenvalue weighted by Gasteiger charge is 2.39. The van der Waals surface area contributed by atoms with E-state index in [-0.39, 0.29) is 44.2 Å². The van der Waals surface area contributed by atoms with Crippen molar-refractivity contribution in [1.82, 2.24) is 0 Å². The molecule has 6 atom stereocenters. The number of esters is 2. The third-order valence-corrected chi connectivity index (χ3v) is 11.4. The van der Waals surface area contributed by atoms with Gasteiger partial charge in [0.05, 0.1) is 40.0 Å². The minimum absolute atomic E-state index is 0.0265. The Kier molecular flexibility index (Phi) is 32.1. The van der Waals surface area contributed by atoms with Gasteiger partial charge >= 0.3 is 19.8 Å². The summed E-state index contributed by atoms with van der Waals surface area (Å²) in [6.45, 7) is 3.93. The predicted molar refractivity (Wildman–Crippen MR) is 243 cm³/mol. The molecule has 1 fully saturated rings. The molecule has 61 heavy (non-hydrogen) atoms. The Labute approximate surface area is 368 Å². The highest BCUT2D eigenvalue weighted by Crippen LogP contribution is 2.43. The van der Waals surface area contributed by atoms with Gasteiger partial charge in [0.1, 0.15) is 25.5 Å². The molecular formula is C48H83NO11P+. The Morgan fingerprint density at radius 2 is 1.34 bits per heavy atom. The second-order valence-electron chi connectivity index (χ2n) is 17.2. The molecule has 12 nitrogen and oxygen atoms in total. The summed E-state index contributed by atoms with van der Waals surface area (Å²) in [6, 6.07) is 0. The van der Waals surface area contributed by atoms with Crippen LogP contribution < -0.4 is 0 Å². The van der Waals surface area contributed by atoms with Gasteiger partial charge in [-0.1, -0.05) is 126 Å². The number of hydrogen-bond acceptors (Lipinski definition) is 10. The molecular weight excluding hydrogens is 797 g/mol. The average molecular weight is 881 g/mol. The summed E-state index contributed by atoms with van der Waals surface area (Å²) < 4.78 is 34.2. The van der Waals surface area contributed by atoms with Crippen molar-refractivity contribution in [2.75, 3.05) is 47.5 Å². The van der Waals surface area contributed by atoms with E-state index in [4.69, 9.17) is 18.5 Å².